The van der Waals surface area contributed by atoms with Gasteiger partial charge in [0.25, 0.3) is 5.91 Å². The van der Waals surface area contributed by atoms with Gasteiger partial charge in [-0.1, -0.05) is 36.4 Å². The minimum Gasteiger partial charge on any atom is -0.274 e. The van der Waals surface area contributed by atoms with Crippen LogP contribution in [0.25, 0.3) is 0 Å². The number of anilines is 2. The SMILES string of the molecule is CC(=O)N(c1ccccc1)c1nc(/C=N\NC(=O)c2ccccc2C)cs1. The molecule has 136 valence electrons. The third-order valence-corrected chi connectivity index (χ3v) is 4.63. The molecular formula is C20H18N4O2S. The van der Waals surface area contributed by atoms with Gasteiger partial charge >= 0.3 is 0 Å². The van der Waals surface area contributed by atoms with E-state index in [0.29, 0.717) is 16.4 Å². The molecule has 2 aromatic carbocycles. The topological polar surface area (TPSA) is 74.7 Å². The predicted molar refractivity (Wildman–Crippen MR) is 108 cm³/mol. The van der Waals surface area contributed by atoms with Crippen LogP contribution in [0.15, 0.2) is 65.1 Å². The first-order valence-electron chi connectivity index (χ1n) is 8.26. The molecule has 0 unspecified atom stereocenters. The molecule has 0 saturated carbocycles. The second-order valence-corrected chi connectivity index (χ2v) is 6.60. The van der Waals surface area contributed by atoms with Crippen LogP contribution in [0.5, 0.6) is 0 Å². The summed E-state index contributed by atoms with van der Waals surface area (Å²) in [6.45, 7) is 3.36. The summed E-state index contributed by atoms with van der Waals surface area (Å²) in [6.07, 6.45) is 1.46. The van der Waals surface area contributed by atoms with Crippen LogP contribution in [-0.4, -0.2) is 23.0 Å². The lowest BCUT2D eigenvalue weighted by Crippen LogP contribution is -2.22. The maximum Gasteiger partial charge on any atom is 0.271 e. The fourth-order valence-corrected chi connectivity index (χ4v) is 3.32. The minimum absolute atomic E-state index is 0.133. The van der Waals surface area contributed by atoms with E-state index < -0.39 is 0 Å². The van der Waals surface area contributed by atoms with E-state index in [9.17, 15) is 9.59 Å². The number of hydrazone groups is 1. The molecule has 6 nitrogen and oxygen atoms in total. The number of para-hydroxylation sites is 1. The molecule has 3 aromatic rings. The van der Waals surface area contributed by atoms with E-state index in [4.69, 9.17) is 0 Å². The Balaban J connectivity index is 1.72. The molecule has 1 aromatic heterocycles. The van der Waals surface area contributed by atoms with E-state index in [0.717, 1.165) is 11.3 Å². The van der Waals surface area contributed by atoms with Gasteiger partial charge in [0.2, 0.25) is 5.91 Å². The second-order valence-electron chi connectivity index (χ2n) is 5.76. The highest BCUT2D eigenvalue weighted by molar-refractivity contribution is 7.14. The van der Waals surface area contributed by atoms with Gasteiger partial charge in [-0.05, 0) is 30.7 Å². The molecule has 0 radical (unpaired) electrons. The number of carbonyl (C=O) groups excluding carboxylic acids is 2. The molecule has 0 bridgehead atoms. The van der Waals surface area contributed by atoms with E-state index in [1.807, 2.05) is 49.4 Å². The zero-order chi connectivity index (χ0) is 19.2. The van der Waals surface area contributed by atoms with Gasteiger partial charge in [0.1, 0.15) is 0 Å². The van der Waals surface area contributed by atoms with Crippen LogP contribution in [-0.2, 0) is 4.79 Å². The smallest absolute Gasteiger partial charge is 0.271 e. The number of hydrogen-bond acceptors (Lipinski definition) is 5. The van der Waals surface area contributed by atoms with Crippen LogP contribution < -0.4 is 10.3 Å². The van der Waals surface area contributed by atoms with Crippen molar-refractivity contribution >= 4 is 40.2 Å². The van der Waals surface area contributed by atoms with Crippen molar-refractivity contribution in [2.75, 3.05) is 4.90 Å². The molecule has 0 aliphatic rings. The highest BCUT2D eigenvalue weighted by Crippen LogP contribution is 2.28. The van der Waals surface area contributed by atoms with Gasteiger partial charge in [-0.15, -0.1) is 11.3 Å². The van der Waals surface area contributed by atoms with E-state index in [-0.39, 0.29) is 11.8 Å². The first-order valence-corrected chi connectivity index (χ1v) is 9.14. The lowest BCUT2D eigenvalue weighted by Gasteiger charge is -2.17. The Bertz CT molecular complexity index is 982. The van der Waals surface area contributed by atoms with Gasteiger partial charge in [0, 0.05) is 17.9 Å². The Labute approximate surface area is 161 Å². The number of benzene rings is 2. The molecule has 1 N–H and O–H groups in total. The van der Waals surface area contributed by atoms with Crippen molar-refractivity contribution in [3.63, 3.8) is 0 Å². The molecule has 0 spiro atoms. The number of rotatable bonds is 5. The van der Waals surface area contributed by atoms with Gasteiger partial charge in [0.15, 0.2) is 5.13 Å². The lowest BCUT2D eigenvalue weighted by atomic mass is 10.1. The van der Waals surface area contributed by atoms with E-state index >= 15 is 0 Å². The summed E-state index contributed by atoms with van der Waals surface area (Å²) in [4.78, 5) is 30.2. The van der Waals surface area contributed by atoms with Crippen molar-refractivity contribution in [2.45, 2.75) is 13.8 Å². The molecule has 0 fully saturated rings. The van der Waals surface area contributed by atoms with E-state index in [1.165, 1.54) is 29.4 Å². The Kier molecular flexibility index (Phi) is 5.73. The molecular weight excluding hydrogens is 360 g/mol. The van der Waals surface area contributed by atoms with Crippen LogP contribution in [0.3, 0.4) is 0 Å². The maximum absolute atomic E-state index is 12.1. The number of aromatic nitrogens is 1. The highest BCUT2D eigenvalue weighted by atomic mass is 32.1. The van der Waals surface area contributed by atoms with Gasteiger partial charge in [-0.3, -0.25) is 14.5 Å². The quantitative estimate of drug-likeness (QED) is 0.540. The number of carbonyl (C=O) groups is 2. The fraction of sp³-hybridized carbons (Fsp3) is 0.100. The predicted octanol–water partition coefficient (Wildman–Crippen LogP) is 3.90. The van der Waals surface area contributed by atoms with Crippen LogP contribution in [0.2, 0.25) is 0 Å². The van der Waals surface area contributed by atoms with Crippen molar-refractivity contribution in [3.8, 4) is 0 Å². The summed E-state index contributed by atoms with van der Waals surface area (Å²) >= 11 is 1.33. The second kappa shape index (κ2) is 8.37. The number of hydrogen-bond donors (Lipinski definition) is 1. The molecule has 0 aliphatic heterocycles. The zero-order valence-corrected chi connectivity index (χ0v) is 15.7. The maximum atomic E-state index is 12.1. The zero-order valence-electron chi connectivity index (χ0n) is 14.9. The molecule has 27 heavy (non-hydrogen) atoms. The minimum atomic E-state index is -0.283. The Hall–Kier alpha value is -3.32. The summed E-state index contributed by atoms with van der Waals surface area (Å²) in [5.74, 6) is -0.415. The molecule has 2 amide bonds. The lowest BCUT2D eigenvalue weighted by molar-refractivity contribution is -0.115. The molecule has 1 heterocycles. The number of amides is 2. The summed E-state index contributed by atoms with van der Waals surface area (Å²) in [6, 6.07) is 16.6. The first kappa shape index (κ1) is 18.5. The highest BCUT2D eigenvalue weighted by Gasteiger charge is 2.17. The average Bonchev–Trinajstić information content (AvgIpc) is 3.11. The van der Waals surface area contributed by atoms with Crippen LogP contribution >= 0.6 is 11.3 Å². The molecule has 3 rings (SSSR count). The van der Waals surface area contributed by atoms with Crippen LogP contribution in [0.1, 0.15) is 28.5 Å². The van der Waals surface area contributed by atoms with Crippen molar-refractivity contribution in [1.29, 1.82) is 0 Å². The summed E-state index contributed by atoms with van der Waals surface area (Å²) in [7, 11) is 0. The van der Waals surface area contributed by atoms with Gasteiger partial charge < -0.3 is 0 Å². The van der Waals surface area contributed by atoms with Gasteiger partial charge in [-0.2, -0.15) is 5.10 Å². The van der Waals surface area contributed by atoms with Gasteiger partial charge in [-0.25, -0.2) is 10.4 Å². The van der Waals surface area contributed by atoms with Crippen molar-refractivity contribution < 1.29 is 9.59 Å². The monoisotopic (exact) mass is 378 g/mol. The molecule has 0 aliphatic carbocycles. The van der Waals surface area contributed by atoms with Crippen molar-refractivity contribution in [1.82, 2.24) is 10.4 Å². The molecule has 0 saturated heterocycles. The summed E-state index contributed by atoms with van der Waals surface area (Å²) < 4.78 is 0. The number of nitrogens with one attached hydrogen (secondary N) is 1. The fourth-order valence-electron chi connectivity index (χ4n) is 2.49. The average molecular weight is 378 g/mol. The third-order valence-electron chi connectivity index (χ3n) is 3.78. The normalized spacial score (nSPS) is 10.7. The van der Waals surface area contributed by atoms with Crippen LogP contribution in [0.4, 0.5) is 10.8 Å². The Morgan fingerprint density at radius 2 is 1.81 bits per heavy atom. The third kappa shape index (κ3) is 4.45. The number of nitrogens with zero attached hydrogens (tertiary/aromatic N) is 3. The van der Waals surface area contributed by atoms with Crippen LogP contribution in [0, 0.1) is 6.92 Å². The summed E-state index contributed by atoms with van der Waals surface area (Å²) in [5, 5.41) is 6.28. The van der Waals surface area contributed by atoms with E-state index in [2.05, 4.69) is 15.5 Å². The number of thiazole rings is 1. The van der Waals surface area contributed by atoms with Gasteiger partial charge in [0.05, 0.1) is 17.6 Å². The summed E-state index contributed by atoms with van der Waals surface area (Å²) in [5.41, 5.74) is 5.25. The number of aryl methyl sites for hydroxylation is 1. The Morgan fingerprint density at radius 1 is 1.11 bits per heavy atom. The molecule has 7 heteroatoms. The van der Waals surface area contributed by atoms with Crippen molar-refractivity contribution in [3.05, 3.63) is 76.8 Å². The van der Waals surface area contributed by atoms with E-state index in [1.54, 1.807) is 17.5 Å². The standard InChI is InChI=1S/C20H18N4O2S/c1-14-8-6-7-11-18(14)19(26)23-21-12-16-13-27-20(22-16)24(15(2)25)17-9-4-3-5-10-17/h3-13H,1-2H3,(H,23,26)/b21-12-. The Morgan fingerprint density at radius 3 is 2.52 bits per heavy atom. The van der Waals surface area contributed by atoms with Crippen molar-refractivity contribution in [2.24, 2.45) is 5.10 Å². The molecule has 0 atom stereocenters. The first-order chi connectivity index (χ1) is 13.1. The largest absolute Gasteiger partial charge is 0.274 e.